The van der Waals surface area contributed by atoms with E-state index in [1.54, 1.807) is 0 Å². The molecule has 0 fully saturated rings. The second-order valence-corrected chi connectivity index (χ2v) is 5.96. The fourth-order valence-corrected chi connectivity index (χ4v) is 2.98. The molecule has 0 radical (unpaired) electrons. The highest BCUT2D eigenvalue weighted by molar-refractivity contribution is 7.91. The van der Waals surface area contributed by atoms with Gasteiger partial charge in [-0.2, -0.15) is 0 Å². The minimum absolute atomic E-state index is 0.368. The van der Waals surface area contributed by atoms with E-state index in [1.807, 2.05) is 0 Å². The summed E-state index contributed by atoms with van der Waals surface area (Å²) in [5.74, 6) is -1.29. The molecule has 5 heteroatoms. The number of aliphatic hydroxyl groups is 1. The fourth-order valence-electron chi connectivity index (χ4n) is 1.24. The first-order valence-electron chi connectivity index (χ1n) is 4.42. The molecule has 0 saturated carbocycles. The van der Waals surface area contributed by atoms with Gasteiger partial charge in [0, 0.05) is 0 Å². The molecular weight excluding hydrogens is 219 g/mol. The topological polar surface area (TPSA) is 54.4 Å². The molecule has 0 aromatic heterocycles. The van der Waals surface area contributed by atoms with Crippen LogP contribution in [0, 0.1) is 5.82 Å². The molecule has 0 amide bonds. The van der Waals surface area contributed by atoms with Gasteiger partial charge >= 0.3 is 0 Å². The molecule has 0 atom stereocenters. The maximum atomic E-state index is 13.2. The van der Waals surface area contributed by atoms with E-state index in [0.717, 1.165) is 6.07 Å². The third kappa shape index (κ3) is 3.28. The van der Waals surface area contributed by atoms with Crippen LogP contribution in [0.3, 0.4) is 0 Å². The van der Waals surface area contributed by atoms with Gasteiger partial charge in [-0.15, -0.1) is 0 Å². The highest BCUT2D eigenvalue weighted by Crippen LogP contribution is 2.18. The van der Waals surface area contributed by atoms with Crippen molar-refractivity contribution in [2.75, 3.05) is 5.75 Å². The molecule has 0 aliphatic heterocycles. The summed E-state index contributed by atoms with van der Waals surface area (Å²) in [6.45, 7) is 2.73. The van der Waals surface area contributed by atoms with E-state index in [1.165, 1.54) is 32.0 Å². The normalized spacial score (nSPS) is 12.8. The molecule has 1 N–H and O–H groups in total. The van der Waals surface area contributed by atoms with Gasteiger partial charge in [-0.25, -0.2) is 12.8 Å². The molecule has 84 valence electrons. The lowest BCUT2D eigenvalue weighted by molar-refractivity contribution is 0.105. The van der Waals surface area contributed by atoms with Gasteiger partial charge in [0.15, 0.2) is 9.84 Å². The zero-order chi connectivity index (χ0) is 11.7. The number of rotatable bonds is 3. The molecule has 0 unspecified atom stereocenters. The second-order valence-electron chi connectivity index (χ2n) is 4.00. The third-order valence-electron chi connectivity index (χ3n) is 1.71. The Kier molecular flexibility index (Phi) is 3.16. The predicted octanol–water partition coefficient (Wildman–Crippen LogP) is 1.37. The molecular formula is C10H13FO3S. The minimum atomic E-state index is -3.77. The van der Waals surface area contributed by atoms with Crippen LogP contribution in [-0.2, 0) is 9.84 Å². The Balaban J connectivity index is 3.13. The van der Waals surface area contributed by atoms with Crippen molar-refractivity contribution < 1.29 is 17.9 Å². The van der Waals surface area contributed by atoms with Gasteiger partial charge < -0.3 is 5.11 Å². The maximum absolute atomic E-state index is 13.2. The lowest BCUT2D eigenvalue weighted by atomic mass is 10.2. The van der Waals surface area contributed by atoms with E-state index in [0.29, 0.717) is 0 Å². The Labute approximate surface area is 88.5 Å². The van der Waals surface area contributed by atoms with Crippen molar-refractivity contribution in [2.45, 2.75) is 24.3 Å². The molecule has 3 nitrogen and oxygen atoms in total. The third-order valence-corrected chi connectivity index (χ3v) is 3.80. The van der Waals surface area contributed by atoms with E-state index >= 15 is 0 Å². The number of hydrogen-bond acceptors (Lipinski definition) is 3. The van der Waals surface area contributed by atoms with Crippen LogP contribution >= 0.6 is 0 Å². The average molecular weight is 232 g/mol. The van der Waals surface area contributed by atoms with Crippen LogP contribution in [0.15, 0.2) is 29.2 Å². The van der Waals surface area contributed by atoms with E-state index in [-0.39, 0.29) is 4.90 Å². The van der Waals surface area contributed by atoms with Gasteiger partial charge in [0.1, 0.15) is 10.7 Å². The average Bonchev–Trinajstić information content (AvgIpc) is 1.99. The van der Waals surface area contributed by atoms with Crippen molar-refractivity contribution in [3.8, 4) is 0 Å². The van der Waals surface area contributed by atoms with E-state index < -0.39 is 27.0 Å². The Morgan fingerprint density at radius 1 is 1.33 bits per heavy atom. The zero-order valence-corrected chi connectivity index (χ0v) is 9.38. The molecule has 0 aliphatic carbocycles. The first-order chi connectivity index (χ1) is 6.72. The quantitative estimate of drug-likeness (QED) is 0.856. The zero-order valence-electron chi connectivity index (χ0n) is 8.57. The summed E-state index contributed by atoms with van der Waals surface area (Å²) in [7, 11) is -3.77. The van der Waals surface area contributed by atoms with Gasteiger partial charge in [0.05, 0.1) is 11.4 Å². The SMILES string of the molecule is CC(C)(O)CS(=O)(=O)c1ccccc1F. The van der Waals surface area contributed by atoms with Crippen LogP contribution in [0.2, 0.25) is 0 Å². The Morgan fingerprint density at radius 3 is 2.33 bits per heavy atom. The summed E-state index contributed by atoms with van der Waals surface area (Å²) in [6, 6.07) is 5.13. The van der Waals surface area contributed by atoms with Gasteiger partial charge in [-0.05, 0) is 26.0 Å². The fraction of sp³-hybridized carbons (Fsp3) is 0.400. The molecule has 0 heterocycles. The highest BCUT2D eigenvalue weighted by Gasteiger charge is 2.27. The van der Waals surface area contributed by atoms with Crippen LogP contribution in [0.5, 0.6) is 0 Å². The lowest BCUT2D eigenvalue weighted by Gasteiger charge is -2.17. The van der Waals surface area contributed by atoms with Gasteiger partial charge in [0.25, 0.3) is 0 Å². The van der Waals surface area contributed by atoms with Gasteiger partial charge in [-0.3, -0.25) is 0 Å². The summed E-state index contributed by atoms with van der Waals surface area (Å²) in [5, 5.41) is 9.40. The maximum Gasteiger partial charge on any atom is 0.184 e. The van der Waals surface area contributed by atoms with Gasteiger partial charge in [0.2, 0.25) is 0 Å². The summed E-state index contributed by atoms with van der Waals surface area (Å²) >= 11 is 0. The number of halogens is 1. The summed E-state index contributed by atoms with van der Waals surface area (Å²) < 4.78 is 36.5. The van der Waals surface area contributed by atoms with Gasteiger partial charge in [-0.1, -0.05) is 12.1 Å². The molecule has 0 bridgehead atoms. The van der Waals surface area contributed by atoms with Crippen LogP contribution in [-0.4, -0.2) is 24.9 Å². The molecule has 1 aromatic carbocycles. The molecule has 0 saturated heterocycles. The Hall–Kier alpha value is -0.940. The number of sulfone groups is 1. The molecule has 0 aliphatic rings. The summed E-state index contributed by atoms with van der Waals surface area (Å²) in [4.78, 5) is -0.368. The minimum Gasteiger partial charge on any atom is -0.389 e. The molecule has 0 spiro atoms. The smallest absolute Gasteiger partial charge is 0.184 e. The van der Waals surface area contributed by atoms with Crippen molar-refractivity contribution in [3.63, 3.8) is 0 Å². The number of hydrogen-bond donors (Lipinski definition) is 1. The first-order valence-corrected chi connectivity index (χ1v) is 6.07. The first kappa shape index (κ1) is 12.1. The van der Waals surface area contributed by atoms with E-state index in [9.17, 15) is 17.9 Å². The molecule has 15 heavy (non-hydrogen) atoms. The largest absolute Gasteiger partial charge is 0.389 e. The standard InChI is InChI=1S/C10H13FO3S/c1-10(2,12)7-15(13,14)9-6-4-3-5-8(9)11/h3-6,12H,7H2,1-2H3. The summed E-state index contributed by atoms with van der Waals surface area (Å²) in [5.41, 5.74) is -1.37. The molecule has 1 aromatic rings. The van der Waals surface area contributed by atoms with Crippen molar-refractivity contribution >= 4 is 9.84 Å². The Bertz CT molecular complexity index is 446. The van der Waals surface area contributed by atoms with Crippen molar-refractivity contribution in [3.05, 3.63) is 30.1 Å². The Morgan fingerprint density at radius 2 is 1.87 bits per heavy atom. The monoisotopic (exact) mass is 232 g/mol. The highest BCUT2D eigenvalue weighted by atomic mass is 32.2. The van der Waals surface area contributed by atoms with E-state index in [2.05, 4.69) is 0 Å². The van der Waals surface area contributed by atoms with Crippen molar-refractivity contribution in [2.24, 2.45) is 0 Å². The van der Waals surface area contributed by atoms with E-state index in [4.69, 9.17) is 0 Å². The van der Waals surface area contributed by atoms with Crippen LogP contribution < -0.4 is 0 Å². The lowest BCUT2D eigenvalue weighted by Crippen LogP contribution is -2.30. The summed E-state index contributed by atoms with van der Waals surface area (Å²) in [6.07, 6.45) is 0. The van der Waals surface area contributed by atoms with Crippen LogP contribution in [0.25, 0.3) is 0 Å². The molecule has 1 rings (SSSR count). The van der Waals surface area contributed by atoms with Crippen molar-refractivity contribution in [1.82, 2.24) is 0 Å². The van der Waals surface area contributed by atoms with Crippen molar-refractivity contribution in [1.29, 1.82) is 0 Å². The van der Waals surface area contributed by atoms with Crippen LogP contribution in [0.4, 0.5) is 4.39 Å². The predicted molar refractivity (Wildman–Crippen MR) is 54.8 cm³/mol. The second kappa shape index (κ2) is 3.90. The number of benzene rings is 1. The van der Waals surface area contributed by atoms with Crippen LogP contribution in [0.1, 0.15) is 13.8 Å².